The number of nitrogens with one attached hydrogen (secondary N) is 1. The quantitative estimate of drug-likeness (QED) is 0.598. The van der Waals surface area contributed by atoms with E-state index in [0.29, 0.717) is 21.6 Å². The molecule has 27 heavy (non-hydrogen) atoms. The van der Waals surface area contributed by atoms with Crippen LogP contribution in [0.4, 0.5) is 8.78 Å². The molecule has 0 bridgehead atoms. The Hall–Kier alpha value is -2.02. The van der Waals surface area contributed by atoms with Gasteiger partial charge in [0.1, 0.15) is 11.6 Å². The fraction of sp³-hybridized carbons (Fsp3) is 0.250. The lowest BCUT2D eigenvalue weighted by atomic mass is 10.2. The number of pyridine rings is 1. The molecule has 1 amide bonds. The molecular weight excluding hydrogens is 497 g/mol. The number of hydrogen-bond acceptors (Lipinski definition) is 6. The van der Waals surface area contributed by atoms with Crippen LogP contribution in [0.3, 0.4) is 0 Å². The summed E-state index contributed by atoms with van der Waals surface area (Å²) >= 11 is 1.96. The van der Waals surface area contributed by atoms with Crippen molar-refractivity contribution in [3.63, 3.8) is 0 Å². The summed E-state index contributed by atoms with van der Waals surface area (Å²) in [5.74, 6) is -3.47. The number of carbonyl (C=O) groups is 1. The van der Waals surface area contributed by atoms with Gasteiger partial charge < -0.3 is 9.47 Å². The van der Waals surface area contributed by atoms with Crippen molar-refractivity contribution in [1.29, 1.82) is 0 Å². The number of hydrogen-bond donors (Lipinski definition) is 1. The van der Waals surface area contributed by atoms with Crippen molar-refractivity contribution >= 4 is 38.5 Å². The van der Waals surface area contributed by atoms with E-state index in [1.165, 1.54) is 12.3 Å². The molecule has 1 aromatic carbocycles. The van der Waals surface area contributed by atoms with Crippen molar-refractivity contribution in [1.82, 2.24) is 9.71 Å². The van der Waals surface area contributed by atoms with Crippen molar-refractivity contribution in [3.8, 4) is 17.4 Å². The van der Waals surface area contributed by atoms with E-state index in [4.69, 9.17) is 9.47 Å². The van der Waals surface area contributed by atoms with Crippen LogP contribution in [0.1, 0.15) is 24.2 Å². The summed E-state index contributed by atoms with van der Waals surface area (Å²) in [6.45, 7) is 3.67. The van der Waals surface area contributed by atoms with E-state index in [2.05, 4.69) is 4.98 Å². The van der Waals surface area contributed by atoms with E-state index in [9.17, 15) is 22.0 Å². The van der Waals surface area contributed by atoms with E-state index in [-0.39, 0.29) is 11.9 Å². The molecule has 1 heterocycles. The molecule has 0 saturated heterocycles. The molecule has 0 spiro atoms. The number of carbonyl (C=O) groups excluding carboxylic acids is 1. The highest BCUT2D eigenvalue weighted by molar-refractivity contribution is 14.1. The lowest BCUT2D eigenvalue weighted by molar-refractivity contribution is 0.0977. The molecule has 1 N–H and O–H groups in total. The first kappa shape index (κ1) is 21.3. The van der Waals surface area contributed by atoms with Crippen LogP contribution in [0.25, 0.3) is 0 Å². The van der Waals surface area contributed by atoms with Crippen LogP contribution in [0.15, 0.2) is 24.4 Å². The third-order valence-electron chi connectivity index (χ3n) is 2.90. The zero-order chi connectivity index (χ0) is 20.4. The molecule has 7 nitrogen and oxygen atoms in total. The van der Waals surface area contributed by atoms with Crippen LogP contribution in [-0.4, -0.2) is 31.7 Å². The van der Waals surface area contributed by atoms with Gasteiger partial charge in [0.05, 0.1) is 27.7 Å². The smallest absolute Gasteiger partial charge is 0.267 e. The fourth-order valence-corrected chi connectivity index (χ4v) is 2.92. The van der Waals surface area contributed by atoms with Crippen LogP contribution in [0.5, 0.6) is 17.4 Å². The molecule has 0 aliphatic heterocycles. The first-order valence-electron chi connectivity index (χ1n) is 7.47. The Labute approximate surface area is 168 Å². The minimum Gasteiger partial charge on any atom is -0.474 e. The second-order valence-corrected chi connectivity index (χ2v) is 8.60. The molecule has 2 rings (SSSR count). The summed E-state index contributed by atoms with van der Waals surface area (Å²) in [5.41, 5.74) is -0.765. The van der Waals surface area contributed by atoms with Gasteiger partial charge in [0.15, 0.2) is 11.6 Å². The van der Waals surface area contributed by atoms with E-state index in [1.54, 1.807) is 4.72 Å². The summed E-state index contributed by atoms with van der Waals surface area (Å²) in [7, 11) is -3.92. The van der Waals surface area contributed by atoms with E-state index < -0.39 is 38.9 Å². The molecule has 0 fully saturated rings. The minimum absolute atomic E-state index is 0.0880. The lowest BCUT2D eigenvalue weighted by Gasteiger charge is -2.12. The molecule has 11 heteroatoms. The SMILES string of the molecule is CC(C)Oc1ncc(Oc2cc(F)c(C(=O)NS(C)(=O)=O)cc2F)cc1I. The normalized spacial score (nSPS) is 11.4. The van der Waals surface area contributed by atoms with Gasteiger partial charge in [-0.3, -0.25) is 4.79 Å². The van der Waals surface area contributed by atoms with Gasteiger partial charge in [-0.2, -0.15) is 0 Å². The predicted molar refractivity (Wildman–Crippen MR) is 101 cm³/mol. The van der Waals surface area contributed by atoms with Gasteiger partial charge in [0, 0.05) is 12.1 Å². The Bertz CT molecular complexity index is 983. The average Bonchev–Trinajstić information content (AvgIpc) is 2.51. The number of halogens is 3. The molecule has 1 aromatic heterocycles. The number of sulfonamides is 1. The first-order chi connectivity index (χ1) is 12.5. The lowest BCUT2D eigenvalue weighted by Crippen LogP contribution is -2.30. The maximum atomic E-state index is 14.2. The van der Waals surface area contributed by atoms with E-state index >= 15 is 0 Å². The van der Waals surface area contributed by atoms with Gasteiger partial charge in [-0.05, 0) is 42.5 Å². The van der Waals surface area contributed by atoms with Crippen molar-refractivity contribution in [2.45, 2.75) is 20.0 Å². The van der Waals surface area contributed by atoms with Crippen molar-refractivity contribution < 1.29 is 31.5 Å². The molecule has 146 valence electrons. The van der Waals surface area contributed by atoms with E-state index in [0.717, 1.165) is 6.26 Å². The van der Waals surface area contributed by atoms with Crippen LogP contribution < -0.4 is 14.2 Å². The zero-order valence-electron chi connectivity index (χ0n) is 14.4. The van der Waals surface area contributed by atoms with E-state index in [1.807, 2.05) is 36.4 Å². The summed E-state index contributed by atoms with van der Waals surface area (Å²) in [5, 5.41) is 0. The summed E-state index contributed by atoms with van der Waals surface area (Å²) < 4.78 is 63.3. The first-order valence-corrected chi connectivity index (χ1v) is 10.4. The maximum Gasteiger partial charge on any atom is 0.267 e. The van der Waals surface area contributed by atoms with Crippen LogP contribution in [-0.2, 0) is 10.0 Å². The number of aromatic nitrogens is 1. The second-order valence-electron chi connectivity index (χ2n) is 5.69. The third kappa shape index (κ3) is 5.99. The van der Waals surface area contributed by atoms with Gasteiger partial charge in [-0.15, -0.1) is 0 Å². The maximum absolute atomic E-state index is 14.2. The summed E-state index contributed by atoms with van der Waals surface area (Å²) in [6, 6.07) is 2.73. The minimum atomic E-state index is -3.92. The Morgan fingerprint density at radius 2 is 1.89 bits per heavy atom. The highest BCUT2D eigenvalue weighted by atomic mass is 127. The Kier molecular flexibility index (Phi) is 6.57. The van der Waals surface area contributed by atoms with Crippen molar-refractivity contribution in [2.75, 3.05) is 6.26 Å². The molecule has 0 unspecified atom stereocenters. The van der Waals surface area contributed by atoms with Gasteiger partial charge in [-0.1, -0.05) is 0 Å². The molecule has 2 aromatic rings. The highest BCUT2D eigenvalue weighted by Gasteiger charge is 2.20. The standard InChI is InChI=1S/C16H15F2IN2O5S/c1-8(2)25-16-13(19)4-9(7-20-16)26-14-6-11(17)10(5-12(14)18)15(22)21-27(3,23)24/h4-8H,1-3H3,(H,21,22). The van der Waals surface area contributed by atoms with Gasteiger partial charge in [0.25, 0.3) is 5.91 Å². The number of amides is 1. The Balaban J connectivity index is 2.26. The monoisotopic (exact) mass is 512 g/mol. The number of benzene rings is 1. The summed E-state index contributed by atoms with van der Waals surface area (Å²) in [4.78, 5) is 15.8. The Morgan fingerprint density at radius 1 is 1.22 bits per heavy atom. The van der Waals surface area contributed by atoms with Crippen LogP contribution >= 0.6 is 22.6 Å². The second kappa shape index (κ2) is 8.33. The van der Waals surface area contributed by atoms with Crippen molar-refractivity contribution in [2.24, 2.45) is 0 Å². The Morgan fingerprint density at radius 3 is 2.44 bits per heavy atom. The number of nitrogens with zero attached hydrogens (tertiary/aromatic N) is 1. The number of ether oxygens (including phenoxy) is 2. The van der Waals surface area contributed by atoms with Gasteiger partial charge in [0.2, 0.25) is 15.9 Å². The molecule has 0 aliphatic carbocycles. The molecule has 0 atom stereocenters. The zero-order valence-corrected chi connectivity index (χ0v) is 17.4. The third-order valence-corrected chi connectivity index (χ3v) is 4.23. The highest BCUT2D eigenvalue weighted by Crippen LogP contribution is 2.30. The average molecular weight is 512 g/mol. The topological polar surface area (TPSA) is 94.6 Å². The predicted octanol–water partition coefficient (Wildman–Crippen LogP) is 3.23. The molecule has 0 saturated carbocycles. The van der Waals surface area contributed by atoms with Gasteiger partial charge in [-0.25, -0.2) is 26.9 Å². The van der Waals surface area contributed by atoms with Gasteiger partial charge >= 0.3 is 0 Å². The van der Waals surface area contributed by atoms with Crippen LogP contribution in [0, 0.1) is 15.2 Å². The molecule has 0 aliphatic rings. The number of rotatable bonds is 6. The van der Waals surface area contributed by atoms with Crippen molar-refractivity contribution in [3.05, 3.63) is 45.2 Å². The largest absolute Gasteiger partial charge is 0.474 e. The van der Waals surface area contributed by atoms with Crippen LogP contribution in [0.2, 0.25) is 0 Å². The summed E-state index contributed by atoms with van der Waals surface area (Å²) in [6.07, 6.45) is 1.91. The fourth-order valence-electron chi connectivity index (χ4n) is 1.90. The molecule has 0 radical (unpaired) electrons. The molecular formula is C16H15F2IN2O5S.